The summed E-state index contributed by atoms with van der Waals surface area (Å²) in [6.07, 6.45) is 1.72. The zero-order valence-electron chi connectivity index (χ0n) is 10.4. The minimum atomic E-state index is 0.255. The van der Waals surface area contributed by atoms with Crippen LogP contribution >= 0.6 is 11.6 Å². The lowest BCUT2D eigenvalue weighted by atomic mass is 10.3. The number of hydrogen-bond donors (Lipinski definition) is 0. The SMILES string of the molecule is COCCN(CCOC)c1nc(Cl)ncc1C. The number of ether oxygens (including phenoxy) is 2. The van der Waals surface area contributed by atoms with E-state index in [0.29, 0.717) is 13.2 Å². The molecule has 1 heterocycles. The van der Waals surface area contributed by atoms with E-state index in [-0.39, 0.29) is 5.28 Å². The monoisotopic (exact) mass is 259 g/mol. The number of aromatic nitrogens is 2. The van der Waals surface area contributed by atoms with E-state index >= 15 is 0 Å². The van der Waals surface area contributed by atoms with Crippen molar-refractivity contribution in [2.75, 3.05) is 45.4 Å². The van der Waals surface area contributed by atoms with E-state index < -0.39 is 0 Å². The second kappa shape index (κ2) is 7.42. The van der Waals surface area contributed by atoms with E-state index in [2.05, 4.69) is 14.9 Å². The summed E-state index contributed by atoms with van der Waals surface area (Å²) in [5.41, 5.74) is 0.988. The average Bonchev–Trinajstić information content (AvgIpc) is 2.33. The van der Waals surface area contributed by atoms with E-state index in [9.17, 15) is 0 Å². The maximum absolute atomic E-state index is 5.82. The lowest BCUT2D eigenvalue weighted by Crippen LogP contribution is -2.32. The Labute approximate surface area is 107 Å². The van der Waals surface area contributed by atoms with Gasteiger partial charge >= 0.3 is 0 Å². The number of hydrogen-bond acceptors (Lipinski definition) is 5. The van der Waals surface area contributed by atoms with Crippen LogP contribution in [0.2, 0.25) is 5.28 Å². The van der Waals surface area contributed by atoms with Crippen molar-refractivity contribution in [1.29, 1.82) is 0 Å². The van der Waals surface area contributed by atoms with E-state index in [1.165, 1.54) is 0 Å². The zero-order chi connectivity index (χ0) is 12.7. The van der Waals surface area contributed by atoms with Gasteiger partial charge in [-0.25, -0.2) is 9.97 Å². The molecule has 0 saturated heterocycles. The highest BCUT2D eigenvalue weighted by Crippen LogP contribution is 2.17. The molecule has 1 aromatic heterocycles. The van der Waals surface area contributed by atoms with Gasteiger partial charge in [0.05, 0.1) is 13.2 Å². The lowest BCUT2D eigenvalue weighted by Gasteiger charge is -2.24. The number of rotatable bonds is 7. The number of aryl methyl sites for hydroxylation is 1. The highest BCUT2D eigenvalue weighted by Gasteiger charge is 2.11. The van der Waals surface area contributed by atoms with Gasteiger partial charge in [0.25, 0.3) is 0 Å². The Hall–Kier alpha value is -0.910. The first-order valence-electron chi connectivity index (χ1n) is 5.41. The fraction of sp³-hybridized carbons (Fsp3) is 0.636. The van der Waals surface area contributed by atoms with Crippen LogP contribution in [0.4, 0.5) is 5.82 Å². The molecule has 0 bridgehead atoms. The van der Waals surface area contributed by atoms with Gasteiger partial charge in [-0.2, -0.15) is 0 Å². The highest BCUT2D eigenvalue weighted by atomic mass is 35.5. The maximum atomic E-state index is 5.82. The molecule has 0 saturated carbocycles. The first-order valence-corrected chi connectivity index (χ1v) is 5.78. The van der Waals surface area contributed by atoms with Crippen LogP contribution in [-0.2, 0) is 9.47 Å². The third kappa shape index (κ3) is 4.46. The Balaban J connectivity index is 2.82. The molecule has 1 rings (SSSR count). The second-order valence-electron chi connectivity index (χ2n) is 3.62. The van der Waals surface area contributed by atoms with Crippen molar-refractivity contribution in [2.45, 2.75) is 6.92 Å². The summed E-state index contributed by atoms with van der Waals surface area (Å²) in [6, 6.07) is 0. The summed E-state index contributed by atoms with van der Waals surface area (Å²) in [5.74, 6) is 0.833. The summed E-state index contributed by atoms with van der Waals surface area (Å²) in [5, 5.41) is 0.255. The molecule has 0 fully saturated rings. The molecule has 0 aliphatic heterocycles. The van der Waals surface area contributed by atoms with Gasteiger partial charge < -0.3 is 14.4 Å². The van der Waals surface area contributed by atoms with Crippen molar-refractivity contribution in [2.24, 2.45) is 0 Å². The Morgan fingerprint density at radius 1 is 1.24 bits per heavy atom. The van der Waals surface area contributed by atoms with Crippen molar-refractivity contribution in [3.05, 3.63) is 17.0 Å². The van der Waals surface area contributed by atoms with Gasteiger partial charge in [0, 0.05) is 39.1 Å². The molecule has 0 aliphatic rings. The predicted molar refractivity (Wildman–Crippen MR) is 67.7 cm³/mol. The third-order valence-corrected chi connectivity index (χ3v) is 2.53. The van der Waals surface area contributed by atoms with Crippen LogP contribution in [0.1, 0.15) is 5.56 Å². The molecule has 96 valence electrons. The predicted octanol–water partition coefficient (Wildman–Crippen LogP) is 1.54. The van der Waals surface area contributed by atoms with Crippen LogP contribution < -0.4 is 4.90 Å². The van der Waals surface area contributed by atoms with Crippen molar-refractivity contribution < 1.29 is 9.47 Å². The average molecular weight is 260 g/mol. The molecule has 5 nitrogen and oxygen atoms in total. The minimum Gasteiger partial charge on any atom is -0.383 e. The second-order valence-corrected chi connectivity index (χ2v) is 3.96. The highest BCUT2D eigenvalue weighted by molar-refractivity contribution is 6.28. The van der Waals surface area contributed by atoms with E-state index in [4.69, 9.17) is 21.1 Å². The van der Waals surface area contributed by atoms with Crippen molar-refractivity contribution >= 4 is 17.4 Å². The van der Waals surface area contributed by atoms with Gasteiger partial charge in [-0.1, -0.05) is 0 Å². The van der Waals surface area contributed by atoms with Gasteiger partial charge in [-0.15, -0.1) is 0 Å². The van der Waals surface area contributed by atoms with Crippen LogP contribution in [-0.4, -0.2) is 50.5 Å². The van der Waals surface area contributed by atoms with Crippen molar-refractivity contribution in [1.82, 2.24) is 9.97 Å². The Bertz CT molecular complexity index is 341. The fourth-order valence-electron chi connectivity index (χ4n) is 1.46. The molecule has 0 aliphatic carbocycles. The molecule has 0 amide bonds. The first-order chi connectivity index (χ1) is 8.19. The Morgan fingerprint density at radius 2 is 1.82 bits per heavy atom. The van der Waals surface area contributed by atoms with Gasteiger partial charge in [0.1, 0.15) is 5.82 Å². The molecule has 1 aromatic rings. The molecule has 17 heavy (non-hydrogen) atoms. The lowest BCUT2D eigenvalue weighted by molar-refractivity contribution is 0.190. The van der Waals surface area contributed by atoms with E-state index in [0.717, 1.165) is 24.5 Å². The van der Waals surface area contributed by atoms with Crippen molar-refractivity contribution in [3.8, 4) is 0 Å². The number of nitrogens with zero attached hydrogens (tertiary/aromatic N) is 3. The van der Waals surface area contributed by atoms with Gasteiger partial charge in [-0.3, -0.25) is 0 Å². The standard InChI is InChI=1S/C11H18ClN3O2/c1-9-8-13-11(12)14-10(9)15(4-6-16-2)5-7-17-3/h8H,4-7H2,1-3H3. The summed E-state index contributed by atoms with van der Waals surface area (Å²) in [6.45, 7) is 4.70. The normalized spacial score (nSPS) is 10.6. The third-order valence-electron chi connectivity index (χ3n) is 2.35. The maximum Gasteiger partial charge on any atom is 0.224 e. The summed E-state index contributed by atoms with van der Waals surface area (Å²) >= 11 is 5.82. The molecule has 0 spiro atoms. The zero-order valence-corrected chi connectivity index (χ0v) is 11.2. The molecule has 6 heteroatoms. The van der Waals surface area contributed by atoms with Gasteiger partial charge in [-0.05, 0) is 18.5 Å². The molecule has 0 unspecified atom stereocenters. The quantitative estimate of drug-likeness (QED) is 0.695. The number of halogens is 1. The van der Waals surface area contributed by atoms with Crippen molar-refractivity contribution in [3.63, 3.8) is 0 Å². The van der Waals surface area contributed by atoms with Gasteiger partial charge in [0.15, 0.2) is 0 Å². The smallest absolute Gasteiger partial charge is 0.224 e. The van der Waals surface area contributed by atoms with Crippen LogP contribution in [0.5, 0.6) is 0 Å². The van der Waals surface area contributed by atoms with Crippen LogP contribution in [0, 0.1) is 6.92 Å². The largest absolute Gasteiger partial charge is 0.383 e. The Morgan fingerprint density at radius 3 is 2.35 bits per heavy atom. The van der Waals surface area contributed by atoms with Gasteiger partial charge in [0.2, 0.25) is 5.28 Å². The molecule has 0 N–H and O–H groups in total. The topological polar surface area (TPSA) is 47.5 Å². The molecule has 0 radical (unpaired) electrons. The summed E-state index contributed by atoms with van der Waals surface area (Å²) in [7, 11) is 3.35. The molecule has 0 aromatic carbocycles. The van der Waals surface area contributed by atoms with E-state index in [1.54, 1.807) is 20.4 Å². The number of anilines is 1. The molecule has 0 atom stereocenters. The molecular formula is C11H18ClN3O2. The molecular weight excluding hydrogens is 242 g/mol. The van der Waals surface area contributed by atoms with E-state index in [1.807, 2.05) is 6.92 Å². The Kier molecular flexibility index (Phi) is 6.18. The first kappa shape index (κ1) is 14.2. The summed E-state index contributed by atoms with van der Waals surface area (Å²) < 4.78 is 10.2. The summed E-state index contributed by atoms with van der Waals surface area (Å²) in [4.78, 5) is 10.3. The van der Waals surface area contributed by atoms with Crippen LogP contribution in [0.3, 0.4) is 0 Å². The van der Waals surface area contributed by atoms with Crippen LogP contribution in [0.25, 0.3) is 0 Å². The fourth-order valence-corrected chi connectivity index (χ4v) is 1.59. The minimum absolute atomic E-state index is 0.255. The number of methoxy groups -OCH3 is 2. The van der Waals surface area contributed by atoms with Crippen LogP contribution in [0.15, 0.2) is 6.20 Å².